The van der Waals surface area contributed by atoms with Gasteiger partial charge in [-0.2, -0.15) is 0 Å². The van der Waals surface area contributed by atoms with Crippen LogP contribution in [0.15, 0.2) is 18.2 Å². The summed E-state index contributed by atoms with van der Waals surface area (Å²) in [5.74, 6) is -1.24. The van der Waals surface area contributed by atoms with E-state index in [-0.39, 0.29) is 0 Å². The number of nitrogens with one attached hydrogen (secondary N) is 1. The van der Waals surface area contributed by atoms with Crippen LogP contribution in [0.4, 0.5) is 5.69 Å². The first-order chi connectivity index (χ1) is 10.5. The number of amides is 2. The van der Waals surface area contributed by atoms with Crippen LogP contribution in [0.3, 0.4) is 0 Å². The molecule has 0 fully saturated rings. The van der Waals surface area contributed by atoms with E-state index in [9.17, 15) is 9.59 Å². The number of carbonyl (C=O) groups excluding carboxylic acids is 2. The van der Waals surface area contributed by atoms with Crippen molar-refractivity contribution >= 4 is 17.5 Å². The smallest absolute Gasteiger partial charge is 0.313 e. The molecule has 0 aliphatic rings. The van der Waals surface area contributed by atoms with Crippen molar-refractivity contribution in [2.24, 2.45) is 0 Å². The predicted molar refractivity (Wildman–Crippen MR) is 84.9 cm³/mol. The van der Waals surface area contributed by atoms with Gasteiger partial charge in [0.05, 0.1) is 13.2 Å². The fraction of sp³-hybridized carbons (Fsp3) is 0.500. The molecule has 0 unspecified atom stereocenters. The second-order valence-electron chi connectivity index (χ2n) is 4.98. The Kier molecular flexibility index (Phi) is 7.56. The first kappa shape index (κ1) is 18.1. The van der Waals surface area contributed by atoms with Gasteiger partial charge in [0.15, 0.2) is 0 Å². The summed E-state index contributed by atoms with van der Waals surface area (Å²) < 4.78 is 9.94. The predicted octanol–water partition coefficient (Wildman–Crippen LogP) is 1.36. The maximum Gasteiger partial charge on any atom is 0.313 e. The highest BCUT2D eigenvalue weighted by Gasteiger charge is 2.22. The molecule has 1 N–H and O–H groups in total. The Morgan fingerprint density at radius 2 is 1.68 bits per heavy atom. The van der Waals surface area contributed by atoms with E-state index < -0.39 is 11.8 Å². The van der Waals surface area contributed by atoms with Crippen molar-refractivity contribution in [1.29, 1.82) is 0 Å². The minimum Gasteiger partial charge on any atom is -0.383 e. The van der Waals surface area contributed by atoms with Crippen molar-refractivity contribution in [3.63, 3.8) is 0 Å². The van der Waals surface area contributed by atoms with E-state index in [1.54, 1.807) is 20.3 Å². The van der Waals surface area contributed by atoms with Crippen molar-refractivity contribution in [3.05, 3.63) is 29.3 Å². The summed E-state index contributed by atoms with van der Waals surface area (Å²) in [4.78, 5) is 25.8. The van der Waals surface area contributed by atoms with E-state index in [1.807, 2.05) is 26.0 Å². The molecular weight excluding hydrogens is 284 g/mol. The van der Waals surface area contributed by atoms with Crippen LogP contribution < -0.4 is 5.32 Å². The third-order valence-corrected chi connectivity index (χ3v) is 3.46. The van der Waals surface area contributed by atoms with Gasteiger partial charge < -0.3 is 19.7 Å². The van der Waals surface area contributed by atoms with Gasteiger partial charge in [-0.3, -0.25) is 9.59 Å². The van der Waals surface area contributed by atoms with Crippen LogP contribution in [-0.4, -0.2) is 57.2 Å². The van der Waals surface area contributed by atoms with Crippen LogP contribution in [0.2, 0.25) is 0 Å². The molecule has 0 aromatic heterocycles. The summed E-state index contributed by atoms with van der Waals surface area (Å²) in [6, 6.07) is 5.58. The first-order valence-electron chi connectivity index (χ1n) is 7.15. The fourth-order valence-corrected chi connectivity index (χ4v) is 1.92. The van der Waals surface area contributed by atoms with Gasteiger partial charge in [0.1, 0.15) is 0 Å². The molecule has 0 aliphatic carbocycles. The van der Waals surface area contributed by atoms with Gasteiger partial charge in [0.25, 0.3) is 0 Å². The topological polar surface area (TPSA) is 67.9 Å². The molecule has 22 heavy (non-hydrogen) atoms. The van der Waals surface area contributed by atoms with Crippen LogP contribution in [0.1, 0.15) is 11.1 Å². The summed E-state index contributed by atoms with van der Waals surface area (Å²) in [6.07, 6.45) is 0. The second kappa shape index (κ2) is 9.17. The minimum absolute atomic E-state index is 0.346. The maximum atomic E-state index is 12.3. The van der Waals surface area contributed by atoms with Gasteiger partial charge in [0, 0.05) is 33.0 Å². The van der Waals surface area contributed by atoms with Crippen LogP contribution >= 0.6 is 0 Å². The molecule has 0 aliphatic heterocycles. The molecule has 0 radical (unpaired) electrons. The zero-order valence-electron chi connectivity index (χ0n) is 13.6. The van der Waals surface area contributed by atoms with Gasteiger partial charge in [-0.25, -0.2) is 0 Å². The Labute approximate surface area is 131 Å². The standard InChI is InChI=1S/C16H24N2O4/c1-12-6-5-7-14(13(12)2)17-15(19)16(20)18(8-10-21-3)9-11-22-4/h5-7H,8-11H2,1-4H3,(H,17,19). The molecule has 0 atom stereocenters. The maximum absolute atomic E-state index is 12.3. The number of carbonyl (C=O) groups is 2. The highest BCUT2D eigenvalue weighted by Crippen LogP contribution is 2.17. The molecule has 2 amide bonds. The molecule has 1 rings (SSSR count). The lowest BCUT2D eigenvalue weighted by Gasteiger charge is -2.21. The highest BCUT2D eigenvalue weighted by atomic mass is 16.5. The average Bonchev–Trinajstić information content (AvgIpc) is 2.51. The van der Waals surface area contributed by atoms with Crippen molar-refractivity contribution in [2.75, 3.05) is 45.8 Å². The van der Waals surface area contributed by atoms with Crippen molar-refractivity contribution in [3.8, 4) is 0 Å². The molecule has 0 heterocycles. The van der Waals surface area contributed by atoms with E-state index in [0.29, 0.717) is 32.0 Å². The summed E-state index contributed by atoms with van der Waals surface area (Å²) in [5.41, 5.74) is 2.65. The Morgan fingerprint density at radius 3 is 2.23 bits per heavy atom. The summed E-state index contributed by atoms with van der Waals surface area (Å²) in [5, 5.41) is 2.67. The van der Waals surface area contributed by atoms with E-state index in [1.165, 1.54) is 4.90 Å². The number of aryl methyl sites for hydroxylation is 1. The fourth-order valence-electron chi connectivity index (χ4n) is 1.92. The molecule has 1 aromatic rings. The Bertz CT molecular complexity index is 509. The number of rotatable bonds is 7. The van der Waals surface area contributed by atoms with Crippen LogP contribution in [0.25, 0.3) is 0 Å². The molecule has 0 bridgehead atoms. The number of hydrogen-bond acceptors (Lipinski definition) is 4. The lowest BCUT2D eigenvalue weighted by Crippen LogP contribution is -2.43. The normalized spacial score (nSPS) is 10.4. The monoisotopic (exact) mass is 308 g/mol. The zero-order valence-corrected chi connectivity index (χ0v) is 13.6. The Morgan fingerprint density at radius 1 is 1.09 bits per heavy atom. The van der Waals surface area contributed by atoms with Gasteiger partial charge >= 0.3 is 11.8 Å². The quantitative estimate of drug-likeness (QED) is 0.772. The van der Waals surface area contributed by atoms with E-state index in [2.05, 4.69) is 5.32 Å². The van der Waals surface area contributed by atoms with Crippen LogP contribution in [0.5, 0.6) is 0 Å². The second-order valence-corrected chi connectivity index (χ2v) is 4.98. The molecule has 1 aromatic carbocycles. The largest absolute Gasteiger partial charge is 0.383 e. The van der Waals surface area contributed by atoms with Crippen molar-refractivity contribution < 1.29 is 19.1 Å². The lowest BCUT2D eigenvalue weighted by molar-refractivity contribution is -0.144. The average molecular weight is 308 g/mol. The number of methoxy groups -OCH3 is 2. The first-order valence-corrected chi connectivity index (χ1v) is 7.15. The summed E-state index contributed by atoms with van der Waals surface area (Å²) in [6.45, 7) is 5.29. The molecule has 6 nitrogen and oxygen atoms in total. The van der Waals surface area contributed by atoms with Crippen LogP contribution in [-0.2, 0) is 19.1 Å². The zero-order chi connectivity index (χ0) is 16.5. The molecule has 6 heteroatoms. The molecule has 0 spiro atoms. The van der Waals surface area contributed by atoms with E-state index in [0.717, 1.165) is 11.1 Å². The van der Waals surface area contributed by atoms with Gasteiger partial charge in [0.2, 0.25) is 0 Å². The number of nitrogens with zero attached hydrogens (tertiary/aromatic N) is 1. The minimum atomic E-state index is -0.652. The third kappa shape index (κ3) is 5.13. The van der Waals surface area contributed by atoms with Gasteiger partial charge in [-0.05, 0) is 31.0 Å². The van der Waals surface area contributed by atoms with E-state index >= 15 is 0 Å². The van der Waals surface area contributed by atoms with Crippen LogP contribution in [0, 0.1) is 13.8 Å². The Hall–Kier alpha value is -1.92. The molecule has 122 valence electrons. The SMILES string of the molecule is COCCN(CCOC)C(=O)C(=O)Nc1cccc(C)c1C. The van der Waals surface area contributed by atoms with Gasteiger partial charge in [-0.15, -0.1) is 0 Å². The number of benzene rings is 1. The summed E-state index contributed by atoms with van der Waals surface area (Å²) >= 11 is 0. The lowest BCUT2D eigenvalue weighted by atomic mass is 10.1. The van der Waals surface area contributed by atoms with Gasteiger partial charge in [-0.1, -0.05) is 12.1 Å². The molecule has 0 saturated carbocycles. The number of anilines is 1. The number of ether oxygens (including phenoxy) is 2. The summed E-state index contributed by atoms with van der Waals surface area (Å²) in [7, 11) is 3.10. The van der Waals surface area contributed by atoms with Crippen molar-refractivity contribution in [1.82, 2.24) is 4.90 Å². The van der Waals surface area contributed by atoms with E-state index in [4.69, 9.17) is 9.47 Å². The number of hydrogen-bond donors (Lipinski definition) is 1. The molecule has 0 saturated heterocycles. The Balaban J connectivity index is 2.75. The molecular formula is C16H24N2O4. The van der Waals surface area contributed by atoms with Crippen molar-refractivity contribution in [2.45, 2.75) is 13.8 Å². The highest BCUT2D eigenvalue weighted by molar-refractivity contribution is 6.39. The third-order valence-electron chi connectivity index (χ3n) is 3.46.